The molecule has 112 valence electrons. The minimum atomic E-state index is -0.339. The zero-order chi connectivity index (χ0) is 14.8. The summed E-state index contributed by atoms with van der Waals surface area (Å²) in [5, 5.41) is 0. The molecule has 0 radical (unpaired) electrons. The van der Waals surface area contributed by atoms with E-state index in [1.807, 2.05) is 0 Å². The molecule has 0 aliphatic rings. The van der Waals surface area contributed by atoms with Crippen LogP contribution in [0.1, 0.15) is 24.0 Å². The summed E-state index contributed by atoms with van der Waals surface area (Å²) in [5.74, 6) is 0. The summed E-state index contributed by atoms with van der Waals surface area (Å²) >= 11 is 2.44. The van der Waals surface area contributed by atoms with Gasteiger partial charge in [-0.2, -0.15) is 0 Å². The van der Waals surface area contributed by atoms with E-state index in [0.717, 1.165) is 25.7 Å². The van der Waals surface area contributed by atoms with Crippen LogP contribution < -0.4 is 0 Å². The molecule has 0 aliphatic heterocycles. The van der Waals surface area contributed by atoms with Crippen LogP contribution in [0.15, 0.2) is 60.7 Å². The molecule has 0 amide bonds. The highest BCUT2D eigenvalue weighted by molar-refractivity contribution is 14.1. The van der Waals surface area contributed by atoms with E-state index in [0.29, 0.717) is 6.10 Å². The lowest BCUT2D eigenvalue weighted by atomic mass is 10.0. The lowest BCUT2D eigenvalue weighted by Gasteiger charge is -2.18. The number of hydrogen-bond acceptors (Lipinski definition) is 1. The fourth-order valence-electron chi connectivity index (χ4n) is 2.47. The van der Waals surface area contributed by atoms with Crippen molar-refractivity contribution in [3.05, 3.63) is 71.8 Å². The molecule has 0 heterocycles. The molecule has 0 saturated carbocycles. The largest absolute Gasteiger partial charge is 0.420 e. The predicted octanol–water partition coefficient (Wildman–Crippen LogP) is 4.11. The van der Waals surface area contributed by atoms with Gasteiger partial charge >= 0.3 is 0 Å². The van der Waals surface area contributed by atoms with Gasteiger partial charge in [-0.3, -0.25) is 0 Å². The molecular formula is C18H23IOSi. The predicted molar refractivity (Wildman–Crippen MR) is 102 cm³/mol. The van der Waals surface area contributed by atoms with Crippen molar-refractivity contribution in [2.45, 2.75) is 31.8 Å². The van der Waals surface area contributed by atoms with Gasteiger partial charge in [0.1, 0.15) is 0 Å². The zero-order valence-corrected chi connectivity index (χ0v) is 16.0. The van der Waals surface area contributed by atoms with Crippen LogP contribution in [0.3, 0.4) is 0 Å². The van der Waals surface area contributed by atoms with E-state index >= 15 is 0 Å². The zero-order valence-electron chi connectivity index (χ0n) is 12.4. The minimum Gasteiger partial charge on any atom is -0.420 e. The van der Waals surface area contributed by atoms with E-state index in [4.69, 9.17) is 4.43 Å². The van der Waals surface area contributed by atoms with Gasteiger partial charge in [-0.05, 0) is 36.8 Å². The molecule has 2 rings (SSSR count). The summed E-state index contributed by atoms with van der Waals surface area (Å²) < 4.78 is 7.37. The molecule has 0 spiro atoms. The summed E-state index contributed by atoms with van der Waals surface area (Å²) in [6.07, 6.45) is 4.94. The third-order valence-corrected chi connectivity index (χ3v) is 5.81. The van der Waals surface area contributed by atoms with E-state index < -0.39 is 0 Å². The summed E-state index contributed by atoms with van der Waals surface area (Å²) in [5.41, 5.74) is 2.84. The van der Waals surface area contributed by atoms with Crippen molar-refractivity contribution in [2.24, 2.45) is 0 Å². The maximum atomic E-state index is 6.17. The molecule has 1 nitrogen and oxygen atoms in total. The minimum absolute atomic E-state index is 0.339. The van der Waals surface area contributed by atoms with Gasteiger partial charge in [-0.25, -0.2) is 0 Å². The monoisotopic (exact) mass is 410 g/mol. The average molecular weight is 410 g/mol. The van der Waals surface area contributed by atoms with E-state index in [1.165, 1.54) is 15.2 Å². The Balaban J connectivity index is 1.82. The van der Waals surface area contributed by atoms with Crippen LogP contribution in [0.25, 0.3) is 0 Å². The first-order valence-electron chi connectivity index (χ1n) is 7.64. The van der Waals surface area contributed by atoms with Crippen LogP contribution in [0.2, 0.25) is 0 Å². The Morgan fingerprint density at radius 1 is 0.810 bits per heavy atom. The normalized spacial score (nSPS) is 11.5. The highest BCUT2D eigenvalue weighted by atomic mass is 127. The third-order valence-electron chi connectivity index (χ3n) is 3.63. The number of aryl methyl sites for hydroxylation is 2. The van der Waals surface area contributed by atoms with Crippen molar-refractivity contribution in [2.75, 3.05) is 4.05 Å². The first-order valence-corrected chi connectivity index (χ1v) is 10.7. The molecule has 0 saturated heterocycles. The summed E-state index contributed by atoms with van der Waals surface area (Å²) in [4.78, 5) is 0. The Morgan fingerprint density at radius 3 is 1.71 bits per heavy atom. The van der Waals surface area contributed by atoms with E-state index in [-0.39, 0.29) is 9.76 Å². The molecule has 21 heavy (non-hydrogen) atoms. The number of alkyl halides is 1. The molecule has 2 aromatic rings. The molecule has 0 fully saturated rings. The Bertz CT molecular complexity index is 446. The maximum absolute atomic E-state index is 6.17. The fourth-order valence-corrected chi connectivity index (χ4v) is 3.99. The molecule has 3 heteroatoms. The fraction of sp³-hybridized carbons (Fsp3) is 0.333. The van der Waals surface area contributed by atoms with Gasteiger partial charge in [-0.1, -0.05) is 83.3 Å². The SMILES string of the molecule is IC[SiH2]OC(CCc1ccccc1)CCc1ccccc1. The maximum Gasteiger partial charge on any atom is 0.171 e. The Hall–Kier alpha value is -0.653. The second kappa shape index (κ2) is 10.1. The first-order chi connectivity index (χ1) is 10.4. The number of hydrogen-bond donors (Lipinski definition) is 0. The van der Waals surface area contributed by atoms with Crippen molar-refractivity contribution in [1.29, 1.82) is 0 Å². The van der Waals surface area contributed by atoms with Crippen LogP contribution in [-0.4, -0.2) is 19.9 Å². The van der Waals surface area contributed by atoms with Gasteiger partial charge in [0.25, 0.3) is 0 Å². The van der Waals surface area contributed by atoms with Crippen molar-refractivity contribution in [3.63, 3.8) is 0 Å². The quantitative estimate of drug-likeness (QED) is 0.344. The molecule has 2 aromatic carbocycles. The van der Waals surface area contributed by atoms with E-state index in [2.05, 4.69) is 83.3 Å². The third kappa shape index (κ3) is 6.76. The molecule has 0 atom stereocenters. The molecule has 0 bridgehead atoms. The molecule has 0 N–H and O–H groups in total. The topological polar surface area (TPSA) is 9.23 Å². The number of rotatable bonds is 9. The number of benzene rings is 2. The van der Waals surface area contributed by atoms with Crippen molar-refractivity contribution in [1.82, 2.24) is 0 Å². The molecule has 0 aromatic heterocycles. The van der Waals surface area contributed by atoms with Gasteiger partial charge in [0.2, 0.25) is 0 Å². The second-order valence-electron chi connectivity index (χ2n) is 5.23. The first kappa shape index (κ1) is 16.7. The van der Waals surface area contributed by atoms with Crippen molar-refractivity contribution < 1.29 is 4.43 Å². The molecule has 0 aliphatic carbocycles. The van der Waals surface area contributed by atoms with Crippen LogP contribution >= 0.6 is 22.6 Å². The molecular weight excluding hydrogens is 387 g/mol. The lowest BCUT2D eigenvalue weighted by molar-refractivity contribution is 0.192. The average Bonchev–Trinajstić information content (AvgIpc) is 2.56. The summed E-state index contributed by atoms with van der Waals surface area (Å²) in [6, 6.07) is 21.5. The van der Waals surface area contributed by atoms with E-state index in [1.54, 1.807) is 0 Å². The van der Waals surface area contributed by atoms with Gasteiger partial charge < -0.3 is 4.43 Å². The summed E-state index contributed by atoms with van der Waals surface area (Å²) in [6.45, 7) is 0. The van der Waals surface area contributed by atoms with E-state index in [9.17, 15) is 0 Å². The van der Waals surface area contributed by atoms with Crippen LogP contribution in [-0.2, 0) is 17.3 Å². The Morgan fingerprint density at radius 2 is 1.29 bits per heavy atom. The van der Waals surface area contributed by atoms with Gasteiger partial charge in [0.15, 0.2) is 9.76 Å². The summed E-state index contributed by atoms with van der Waals surface area (Å²) in [7, 11) is -0.339. The van der Waals surface area contributed by atoms with Gasteiger partial charge in [0.05, 0.1) is 0 Å². The number of halogens is 1. The van der Waals surface area contributed by atoms with Crippen molar-refractivity contribution in [3.8, 4) is 0 Å². The highest BCUT2D eigenvalue weighted by Crippen LogP contribution is 2.13. The van der Waals surface area contributed by atoms with Gasteiger partial charge in [-0.15, -0.1) is 0 Å². The van der Waals surface area contributed by atoms with Crippen LogP contribution in [0.4, 0.5) is 0 Å². The Labute approximate surface area is 144 Å². The highest BCUT2D eigenvalue weighted by Gasteiger charge is 2.09. The smallest absolute Gasteiger partial charge is 0.171 e. The van der Waals surface area contributed by atoms with Crippen molar-refractivity contribution >= 4 is 32.4 Å². The van der Waals surface area contributed by atoms with Gasteiger partial charge in [0, 0.05) is 10.2 Å². The van der Waals surface area contributed by atoms with Crippen LogP contribution in [0, 0.1) is 0 Å². The standard InChI is InChI=1S/C18H23IOSi/c19-15-21-20-18(13-11-16-7-3-1-4-8-16)14-12-17-9-5-2-6-10-17/h1-10,18H,11-15,21H2. The Kier molecular flexibility index (Phi) is 8.07. The van der Waals surface area contributed by atoms with Crippen LogP contribution in [0.5, 0.6) is 0 Å². The second-order valence-corrected chi connectivity index (χ2v) is 9.59. The lowest BCUT2D eigenvalue weighted by Crippen LogP contribution is -2.18. The molecule has 0 unspecified atom stereocenters.